The topological polar surface area (TPSA) is 44.8 Å². The fraction of sp³-hybridized carbons (Fsp3) is 0.409. The molecule has 0 N–H and O–H groups in total. The largest absolute Gasteiger partial charge is 0.493 e. The number of rotatable bonds is 12. The van der Waals surface area contributed by atoms with Gasteiger partial charge in [0.25, 0.3) is 0 Å². The molecule has 0 heterocycles. The minimum atomic E-state index is 0.0209. The van der Waals surface area contributed by atoms with Crippen LogP contribution in [-0.2, 0) is 9.47 Å². The number of carbonyl (C=O) groups excluding carboxylic acids is 1. The second-order valence-corrected chi connectivity index (χ2v) is 6.25. The molecule has 2 aromatic carbocycles. The quantitative estimate of drug-likeness (QED) is 0.418. The lowest BCUT2D eigenvalue weighted by Crippen LogP contribution is -2.19. The van der Waals surface area contributed by atoms with Gasteiger partial charge in [-0.05, 0) is 30.7 Å². The molecule has 1 atom stereocenters. The summed E-state index contributed by atoms with van der Waals surface area (Å²) >= 11 is 0. The lowest BCUT2D eigenvalue weighted by molar-refractivity contribution is 0.0384. The van der Waals surface area contributed by atoms with Crippen molar-refractivity contribution in [3.63, 3.8) is 0 Å². The summed E-state index contributed by atoms with van der Waals surface area (Å²) in [6, 6.07) is 16.6. The predicted molar refractivity (Wildman–Crippen MR) is 103 cm³/mol. The molecule has 1 unspecified atom stereocenters. The predicted octanol–water partition coefficient (Wildman–Crippen LogP) is 4.38. The second-order valence-electron chi connectivity index (χ2n) is 6.25. The van der Waals surface area contributed by atoms with E-state index < -0.39 is 0 Å². The van der Waals surface area contributed by atoms with Crippen molar-refractivity contribution >= 4 is 5.78 Å². The van der Waals surface area contributed by atoms with Gasteiger partial charge in [-0.3, -0.25) is 4.79 Å². The van der Waals surface area contributed by atoms with Crippen LogP contribution in [0.5, 0.6) is 5.75 Å². The Balaban J connectivity index is 1.86. The zero-order chi connectivity index (χ0) is 18.6. The highest BCUT2D eigenvalue weighted by atomic mass is 16.5. The van der Waals surface area contributed by atoms with Crippen LogP contribution in [-0.4, -0.2) is 39.3 Å². The van der Waals surface area contributed by atoms with Gasteiger partial charge in [-0.15, -0.1) is 0 Å². The van der Waals surface area contributed by atoms with E-state index in [1.54, 1.807) is 7.11 Å². The van der Waals surface area contributed by atoms with Gasteiger partial charge < -0.3 is 14.2 Å². The van der Waals surface area contributed by atoms with Crippen molar-refractivity contribution in [3.8, 4) is 5.75 Å². The molecule has 0 aliphatic carbocycles. The number of ketones is 1. The number of hydrogen-bond donors (Lipinski definition) is 0. The highest BCUT2D eigenvalue weighted by molar-refractivity contribution is 6.08. The van der Waals surface area contributed by atoms with Gasteiger partial charge in [0.05, 0.1) is 26.4 Å². The van der Waals surface area contributed by atoms with Crippen LogP contribution in [0, 0.1) is 5.92 Å². The third kappa shape index (κ3) is 6.62. The number of benzene rings is 2. The molecular weight excluding hydrogens is 328 g/mol. The molecule has 0 aromatic heterocycles. The van der Waals surface area contributed by atoms with Crippen molar-refractivity contribution in [1.82, 2.24) is 0 Å². The summed E-state index contributed by atoms with van der Waals surface area (Å²) in [5, 5.41) is 0. The van der Waals surface area contributed by atoms with Gasteiger partial charge in [0.2, 0.25) is 0 Å². The summed E-state index contributed by atoms with van der Waals surface area (Å²) in [5.74, 6) is 1.14. The van der Waals surface area contributed by atoms with E-state index in [0.717, 1.165) is 18.6 Å². The summed E-state index contributed by atoms with van der Waals surface area (Å²) in [4.78, 5) is 12.4. The van der Waals surface area contributed by atoms with Crippen LogP contribution < -0.4 is 4.74 Å². The molecule has 26 heavy (non-hydrogen) atoms. The van der Waals surface area contributed by atoms with Gasteiger partial charge >= 0.3 is 0 Å². The molecule has 0 saturated heterocycles. The van der Waals surface area contributed by atoms with Crippen LogP contribution in [0.1, 0.15) is 35.7 Å². The first-order valence-electron chi connectivity index (χ1n) is 9.14. The standard InChI is InChI=1S/C22H28O4/c1-3-7-18(16-25-15-14-24-2)17-26-21-12-10-20(11-13-21)22(23)19-8-5-4-6-9-19/h4-6,8-13,18H,3,7,14-17H2,1-2H3. The Morgan fingerprint density at radius 3 is 2.27 bits per heavy atom. The summed E-state index contributed by atoms with van der Waals surface area (Å²) in [7, 11) is 1.67. The van der Waals surface area contributed by atoms with Crippen LogP contribution in [0.15, 0.2) is 54.6 Å². The van der Waals surface area contributed by atoms with E-state index in [1.807, 2.05) is 54.6 Å². The highest BCUT2D eigenvalue weighted by Gasteiger charge is 2.11. The van der Waals surface area contributed by atoms with Crippen LogP contribution in [0.2, 0.25) is 0 Å². The fourth-order valence-electron chi connectivity index (χ4n) is 2.69. The van der Waals surface area contributed by atoms with Gasteiger partial charge in [0, 0.05) is 24.2 Å². The molecule has 2 aromatic rings. The van der Waals surface area contributed by atoms with E-state index in [9.17, 15) is 4.79 Å². The Morgan fingerprint density at radius 1 is 0.923 bits per heavy atom. The Labute approximate surface area is 156 Å². The minimum absolute atomic E-state index is 0.0209. The number of carbonyl (C=O) groups is 1. The average molecular weight is 356 g/mol. The van der Waals surface area contributed by atoms with Gasteiger partial charge in [0.15, 0.2) is 5.78 Å². The molecule has 0 saturated carbocycles. The number of methoxy groups -OCH3 is 1. The zero-order valence-corrected chi connectivity index (χ0v) is 15.6. The van der Waals surface area contributed by atoms with Crippen molar-refractivity contribution in [1.29, 1.82) is 0 Å². The van der Waals surface area contributed by atoms with E-state index >= 15 is 0 Å². The lowest BCUT2D eigenvalue weighted by atomic mass is 10.0. The molecule has 4 nitrogen and oxygen atoms in total. The fourth-order valence-corrected chi connectivity index (χ4v) is 2.69. The van der Waals surface area contributed by atoms with E-state index in [1.165, 1.54) is 0 Å². The molecule has 0 bridgehead atoms. The minimum Gasteiger partial charge on any atom is -0.493 e. The van der Waals surface area contributed by atoms with E-state index in [4.69, 9.17) is 14.2 Å². The van der Waals surface area contributed by atoms with Gasteiger partial charge in [-0.25, -0.2) is 0 Å². The molecule has 4 heteroatoms. The van der Waals surface area contributed by atoms with Gasteiger partial charge in [0.1, 0.15) is 5.75 Å². The Kier molecular flexibility index (Phi) is 8.87. The first kappa shape index (κ1) is 20.1. The van der Waals surface area contributed by atoms with Crippen molar-refractivity contribution in [2.24, 2.45) is 5.92 Å². The van der Waals surface area contributed by atoms with E-state index in [0.29, 0.717) is 43.5 Å². The smallest absolute Gasteiger partial charge is 0.193 e. The lowest BCUT2D eigenvalue weighted by Gasteiger charge is -2.17. The average Bonchev–Trinajstić information content (AvgIpc) is 2.70. The van der Waals surface area contributed by atoms with Crippen molar-refractivity contribution in [2.45, 2.75) is 19.8 Å². The first-order valence-corrected chi connectivity index (χ1v) is 9.14. The normalized spacial score (nSPS) is 11.9. The Bertz CT molecular complexity index is 637. The zero-order valence-electron chi connectivity index (χ0n) is 15.6. The summed E-state index contributed by atoms with van der Waals surface area (Å²) in [6.45, 7) is 4.64. The molecule has 0 fully saturated rings. The van der Waals surface area contributed by atoms with Crippen LogP contribution in [0.3, 0.4) is 0 Å². The second kappa shape index (κ2) is 11.4. The number of ether oxygens (including phenoxy) is 3. The van der Waals surface area contributed by atoms with Crippen molar-refractivity contribution in [3.05, 3.63) is 65.7 Å². The summed E-state index contributed by atoms with van der Waals surface area (Å²) < 4.78 is 16.5. The molecule has 0 radical (unpaired) electrons. The summed E-state index contributed by atoms with van der Waals surface area (Å²) in [5.41, 5.74) is 1.36. The molecule has 140 valence electrons. The Morgan fingerprint density at radius 2 is 1.62 bits per heavy atom. The van der Waals surface area contributed by atoms with E-state index in [2.05, 4.69) is 6.92 Å². The van der Waals surface area contributed by atoms with Crippen LogP contribution in [0.25, 0.3) is 0 Å². The third-order valence-corrected chi connectivity index (χ3v) is 4.12. The molecule has 2 rings (SSSR count). The number of hydrogen-bond acceptors (Lipinski definition) is 4. The van der Waals surface area contributed by atoms with Crippen molar-refractivity contribution < 1.29 is 19.0 Å². The summed E-state index contributed by atoms with van der Waals surface area (Å²) in [6.07, 6.45) is 2.14. The third-order valence-electron chi connectivity index (χ3n) is 4.12. The molecule has 0 amide bonds. The SMILES string of the molecule is CCCC(COCCOC)COc1ccc(C(=O)c2ccccc2)cc1. The van der Waals surface area contributed by atoms with Crippen LogP contribution >= 0.6 is 0 Å². The van der Waals surface area contributed by atoms with Crippen molar-refractivity contribution in [2.75, 3.05) is 33.5 Å². The monoisotopic (exact) mass is 356 g/mol. The molecule has 0 spiro atoms. The highest BCUT2D eigenvalue weighted by Crippen LogP contribution is 2.17. The van der Waals surface area contributed by atoms with Crippen LogP contribution in [0.4, 0.5) is 0 Å². The molecule has 0 aliphatic rings. The maximum Gasteiger partial charge on any atom is 0.193 e. The van der Waals surface area contributed by atoms with E-state index in [-0.39, 0.29) is 5.78 Å². The molecular formula is C22H28O4. The first-order chi connectivity index (χ1) is 12.7. The van der Waals surface area contributed by atoms with Gasteiger partial charge in [-0.1, -0.05) is 43.7 Å². The maximum atomic E-state index is 12.4. The Hall–Kier alpha value is -2.17. The maximum absolute atomic E-state index is 12.4. The molecule has 0 aliphatic heterocycles. The van der Waals surface area contributed by atoms with Gasteiger partial charge in [-0.2, -0.15) is 0 Å².